The normalized spacial score (nSPS) is 23.2. The van der Waals surface area contributed by atoms with Crippen LogP contribution in [0.4, 0.5) is 10.5 Å². The highest BCUT2D eigenvalue weighted by Gasteiger charge is 2.34. The van der Waals surface area contributed by atoms with Crippen molar-refractivity contribution in [2.75, 3.05) is 29.9 Å². The summed E-state index contributed by atoms with van der Waals surface area (Å²) in [6, 6.07) is 9.14. The number of nitrogens with zero attached hydrogens (tertiary/aromatic N) is 1. The predicted molar refractivity (Wildman–Crippen MR) is 95.0 cm³/mol. The molecule has 0 bridgehead atoms. The number of carbonyl (C=O) groups is 2. The zero-order valence-corrected chi connectivity index (χ0v) is 14.8. The number of urea groups is 1. The first-order chi connectivity index (χ1) is 11.9. The van der Waals surface area contributed by atoms with E-state index in [1.807, 2.05) is 30.3 Å². The summed E-state index contributed by atoms with van der Waals surface area (Å²) >= 11 is 0. The summed E-state index contributed by atoms with van der Waals surface area (Å²) in [6.07, 6.45) is 1.76. The Morgan fingerprint density at radius 1 is 1.04 bits per heavy atom. The summed E-state index contributed by atoms with van der Waals surface area (Å²) in [5.41, 5.74) is 0.755. The number of benzene rings is 1. The Kier molecular flexibility index (Phi) is 5.27. The largest absolute Gasteiger partial charge is 0.353 e. The van der Waals surface area contributed by atoms with Gasteiger partial charge in [-0.1, -0.05) is 18.2 Å². The first-order valence-electron chi connectivity index (χ1n) is 8.55. The quantitative estimate of drug-likeness (QED) is 0.842. The van der Waals surface area contributed by atoms with Gasteiger partial charge in [-0.2, -0.15) is 0 Å². The SMILES string of the molecule is O=C(NC1CCN(C(=O)Nc2ccccc2)CC1)C1CCS(=O)(=O)C1. The molecule has 2 heterocycles. The zero-order chi connectivity index (χ0) is 17.9. The Morgan fingerprint density at radius 2 is 1.72 bits per heavy atom. The number of carbonyl (C=O) groups excluding carboxylic acids is 2. The Balaban J connectivity index is 1.44. The van der Waals surface area contributed by atoms with Gasteiger partial charge in [0.05, 0.1) is 17.4 Å². The smallest absolute Gasteiger partial charge is 0.321 e. The minimum atomic E-state index is -3.05. The number of anilines is 1. The van der Waals surface area contributed by atoms with Crippen LogP contribution < -0.4 is 10.6 Å². The van der Waals surface area contributed by atoms with Crippen LogP contribution in [0.2, 0.25) is 0 Å². The Labute approximate surface area is 147 Å². The molecular formula is C17H23N3O4S. The summed E-state index contributed by atoms with van der Waals surface area (Å²) in [6.45, 7) is 1.12. The summed E-state index contributed by atoms with van der Waals surface area (Å²) in [4.78, 5) is 26.2. The molecule has 25 heavy (non-hydrogen) atoms. The Hall–Kier alpha value is -2.09. The number of piperidine rings is 1. The second-order valence-electron chi connectivity index (χ2n) is 6.67. The van der Waals surface area contributed by atoms with Gasteiger partial charge in [-0.15, -0.1) is 0 Å². The van der Waals surface area contributed by atoms with Crippen LogP contribution in [0.15, 0.2) is 30.3 Å². The van der Waals surface area contributed by atoms with E-state index in [0.717, 1.165) is 5.69 Å². The maximum absolute atomic E-state index is 12.2. The number of likely N-dealkylation sites (tertiary alicyclic amines) is 1. The first-order valence-corrected chi connectivity index (χ1v) is 10.4. The van der Waals surface area contributed by atoms with Gasteiger partial charge in [0.15, 0.2) is 9.84 Å². The molecule has 8 heteroatoms. The van der Waals surface area contributed by atoms with Crippen LogP contribution in [0.3, 0.4) is 0 Å². The molecule has 2 aliphatic heterocycles. The van der Waals surface area contributed by atoms with E-state index in [1.165, 1.54) is 0 Å². The molecule has 1 aromatic carbocycles. The average molecular weight is 365 g/mol. The van der Waals surface area contributed by atoms with E-state index in [1.54, 1.807) is 4.90 Å². The molecule has 3 rings (SSSR count). The van der Waals surface area contributed by atoms with E-state index in [9.17, 15) is 18.0 Å². The van der Waals surface area contributed by atoms with Crippen molar-refractivity contribution in [2.45, 2.75) is 25.3 Å². The van der Waals surface area contributed by atoms with Crippen LogP contribution in [0, 0.1) is 5.92 Å². The van der Waals surface area contributed by atoms with Crippen molar-refractivity contribution in [1.29, 1.82) is 0 Å². The van der Waals surface area contributed by atoms with Gasteiger partial charge < -0.3 is 15.5 Å². The highest BCUT2D eigenvalue weighted by molar-refractivity contribution is 7.91. The van der Waals surface area contributed by atoms with Crippen molar-refractivity contribution in [3.63, 3.8) is 0 Å². The van der Waals surface area contributed by atoms with E-state index >= 15 is 0 Å². The lowest BCUT2D eigenvalue weighted by Gasteiger charge is -2.32. The molecule has 0 aliphatic carbocycles. The molecule has 0 radical (unpaired) electrons. The third-order valence-electron chi connectivity index (χ3n) is 4.76. The van der Waals surface area contributed by atoms with Crippen LogP contribution in [0.25, 0.3) is 0 Å². The van der Waals surface area contributed by atoms with Crippen molar-refractivity contribution in [2.24, 2.45) is 5.92 Å². The molecule has 1 unspecified atom stereocenters. The van der Waals surface area contributed by atoms with Crippen LogP contribution >= 0.6 is 0 Å². The van der Waals surface area contributed by atoms with Crippen molar-refractivity contribution in [3.8, 4) is 0 Å². The van der Waals surface area contributed by atoms with Gasteiger partial charge in [0.25, 0.3) is 0 Å². The molecule has 2 fully saturated rings. The molecule has 136 valence electrons. The summed E-state index contributed by atoms with van der Waals surface area (Å²) in [7, 11) is -3.05. The van der Waals surface area contributed by atoms with E-state index in [-0.39, 0.29) is 29.5 Å². The third kappa shape index (κ3) is 4.72. The topological polar surface area (TPSA) is 95.6 Å². The molecule has 2 aliphatic rings. The van der Waals surface area contributed by atoms with Crippen molar-refractivity contribution >= 4 is 27.5 Å². The van der Waals surface area contributed by atoms with Gasteiger partial charge in [-0.3, -0.25) is 4.79 Å². The molecule has 0 saturated carbocycles. The lowest BCUT2D eigenvalue weighted by molar-refractivity contribution is -0.125. The predicted octanol–water partition coefficient (Wildman–Crippen LogP) is 1.23. The first kappa shape index (κ1) is 17.7. The van der Waals surface area contributed by atoms with Gasteiger partial charge >= 0.3 is 6.03 Å². The molecule has 1 aromatic rings. The number of hydrogen-bond donors (Lipinski definition) is 2. The fraction of sp³-hybridized carbons (Fsp3) is 0.529. The minimum absolute atomic E-state index is 0.00317. The summed E-state index contributed by atoms with van der Waals surface area (Å²) in [5, 5.41) is 5.80. The van der Waals surface area contributed by atoms with Gasteiger partial charge in [0, 0.05) is 24.8 Å². The highest BCUT2D eigenvalue weighted by atomic mass is 32.2. The second kappa shape index (κ2) is 7.43. The van der Waals surface area contributed by atoms with E-state index in [2.05, 4.69) is 10.6 Å². The fourth-order valence-electron chi connectivity index (χ4n) is 3.27. The van der Waals surface area contributed by atoms with Gasteiger partial charge in [-0.05, 0) is 31.4 Å². The number of sulfone groups is 1. The van der Waals surface area contributed by atoms with Gasteiger partial charge in [-0.25, -0.2) is 13.2 Å². The number of amides is 3. The maximum Gasteiger partial charge on any atom is 0.321 e. The zero-order valence-electron chi connectivity index (χ0n) is 14.0. The number of nitrogens with one attached hydrogen (secondary N) is 2. The molecule has 0 aromatic heterocycles. The van der Waals surface area contributed by atoms with E-state index in [0.29, 0.717) is 32.4 Å². The molecule has 1 atom stereocenters. The van der Waals surface area contributed by atoms with Crippen molar-refractivity contribution < 1.29 is 18.0 Å². The average Bonchev–Trinajstić information content (AvgIpc) is 2.96. The van der Waals surface area contributed by atoms with Crippen LogP contribution in [0.1, 0.15) is 19.3 Å². The molecule has 0 spiro atoms. The highest BCUT2D eigenvalue weighted by Crippen LogP contribution is 2.20. The lowest BCUT2D eigenvalue weighted by Crippen LogP contribution is -2.49. The molecule has 7 nitrogen and oxygen atoms in total. The van der Waals surface area contributed by atoms with Gasteiger partial charge in [0.1, 0.15) is 0 Å². The summed E-state index contributed by atoms with van der Waals surface area (Å²) < 4.78 is 22.9. The number of para-hydroxylation sites is 1. The lowest BCUT2D eigenvalue weighted by atomic mass is 10.0. The standard InChI is InChI=1S/C17H23N3O4S/c21-16(13-8-11-25(23,24)12-13)18-15-6-9-20(10-7-15)17(22)19-14-4-2-1-3-5-14/h1-5,13,15H,6-12H2,(H,18,21)(H,19,22). The molecule has 2 saturated heterocycles. The van der Waals surface area contributed by atoms with Crippen LogP contribution in [-0.4, -0.2) is 55.9 Å². The number of rotatable bonds is 3. The number of hydrogen-bond acceptors (Lipinski definition) is 4. The van der Waals surface area contributed by atoms with Gasteiger partial charge in [0.2, 0.25) is 5.91 Å². The van der Waals surface area contributed by atoms with E-state index in [4.69, 9.17) is 0 Å². The van der Waals surface area contributed by atoms with Crippen LogP contribution in [-0.2, 0) is 14.6 Å². The molecular weight excluding hydrogens is 342 g/mol. The van der Waals surface area contributed by atoms with E-state index < -0.39 is 15.8 Å². The van der Waals surface area contributed by atoms with Crippen LogP contribution in [0.5, 0.6) is 0 Å². The van der Waals surface area contributed by atoms with Crippen molar-refractivity contribution in [3.05, 3.63) is 30.3 Å². The van der Waals surface area contributed by atoms with Crippen molar-refractivity contribution in [1.82, 2.24) is 10.2 Å². The minimum Gasteiger partial charge on any atom is -0.353 e. The third-order valence-corrected chi connectivity index (χ3v) is 6.52. The second-order valence-corrected chi connectivity index (χ2v) is 8.89. The fourth-order valence-corrected chi connectivity index (χ4v) is 5.01. The summed E-state index contributed by atoms with van der Waals surface area (Å²) in [5.74, 6) is -0.543. The molecule has 2 N–H and O–H groups in total. The molecule has 3 amide bonds. The Morgan fingerprint density at radius 3 is 2.32 bits per heavy atom. The monoisotopic (exact) mass is 365 g/mol. The maximum atomic E-state index is 12.2. The Bertz CT molecular complexity index is 728.